The van der Waals surface area contributed by atoms with Gasteiger partial charge < -0.3 is 10.0 Å². The van der Waals surface area contributed by atoms with E-state index in [1.54, 1.807) is 11.0 Å². The lowest BCUT2D eigenvalue weighted by molar-refractivity contribution is -0.125. The number of carbonyl (C=O) groups is 1. The van der Waals surface area contributed by atoms with Gasteiger partial charge in [-0.15, -0.1) is 0 Å². The molecule has 1 amide bonds. The van der Waals surface area contributed by atoms with Gasteiger partial charge in [-0.2, -0.15) is 0 Å². The minimum atomic E-state index is -0.327. The molecule has 0 aromatic heterocycles. The van der Waals surface area contributed by atoms with E-state index in [4.69, 9.17) is 5.11 Å². The summed E-state index contributed by atoms with van der Waals surface area (Å²) in [6, 6.07) is 0. The maximum absolute atomic E-state index is 11.3. The fourth-order valence-electron chi connectivity index (χ4n) is 1.19. The predicted octanol–water partition coefficient (Wildman–Crippen LogP) is 0.531. The molecule has 1 fully saturated rings. The highest BCUT2D eigenvalue weighted by atomic mass is 79.9. The summed E-state index contributed by atoms with van der Waals surface area (Å²) in [5, 5.41) is 9.84. The number of hydrogen-bond donors (Lipinski definition) is 1. The molecule has 12 heavy (non-hydrogen) atoms. The van der Waals surface area contributed by atoms with Crippen LogP contribution >= 0.6 is 15.9 Å². The minimum Gasteiger partial charge on any atom is -0.391 e. The van der Waals surface area contributed by atoms with Gasteiger partial charge in [-0.25, -0.2) is 0 Å². The van der Waals surface area contributed by atoms with Crippen molar-refractivity contribution < 1.29 is 9.90 Å². The van der Waals surface area contributed by atoms with Crippen LogP contribution in [0.1, 0.15) is 6.42 Å². The van der Waals surface area contributed by atoms with Crippen molar-refractivity contribution in [1.82, 2.24) is 4.90 Å². The number of nitrogens with zero attached hydrogens (tertiary/aromatic N) is 1. The number of alkyl halides is 1. The topological polar surface area (TPSA) is 40.5 Å². The molecule has 1 unspecified atom stereocenters. The molecule has 0 aliphatic carbocycles. The predicted molar refractivity (Wildman–Crippen MR) is 50.1 cm³/mol. The molecule has 1 aliphatic rings. The minimum absolute atomic E-state index is 0.00833. The molecule has 68 valence electrons. The van der Waals surface area contributed by atoms with Crippen molar-refractivity contribution in [2.75, 3.05) is 18.4 Å². The molecule has 0 saturated carbocycles. The number of halogens is 1. The zero-order valence-electron chi connectivity index (χ0n) is 6.74. The molecule has 1 rings (SSSR count). The number of hydrogen-bond acceptors (Lipinski definition) is 2. The maximum Gasteiger partial charge on any atom is 0.246 e. The van der Waals surface area contributed by atoms with Crippen molar-refractivity contribution in [2.45, 2.75) is 12.5 Å². The Morgan fingerprint density at radius 3 is 3.00 bits per heavy atom. The Bertz CT molecular complexity index is 193. The van der Waals surface area contributed by atoms with Crippen LogP contribution in [0.15, 0.2) is 12.2 Å². The van der Waals surface area contributed by atoms with Gasteiger partial charge in [0.15, 0.2) is 0 Å². The molecule has 1 heterocycles. The smallest absolute Gasteiger partial charge is 0.246 e. The van der Waals surface area contributed by atoms with Crippen LogP contribution in [0.3, 0.4) is 0 Å². The normalized spacial score (nSPS) is 23.8. The van der Waals surface area contributed by atoms with E-state index >= 15 is 0 Å². The van der Waals surface area contributed by atoms with Crippen LogP contribution in [0.4, 0.5) is 0 Å². The first-order chi connectivity index (χ1) is 5.74. The Kier molecular flexibility index (Phi) is 3.75. The average Bonchev–Trinajstić information content (AvgIpc) is 2.47. The molecule has 1 aliphatic heterocycles. The van der Waals surface area contributed by atoms with Crippen molar-refractivity contribution in [3.63, 3.8) is 0 Å². The number of carbonyl (C=O) groups excluding carboxylic acids is 1. The number of amides is 1. The SMILES string of the molecule is O=C(C=CCBr)N1CCC(O)C1. The first-order valence-electron chi connectivity index (χ1n) is 3.93. The summed E-state index contributed by atoms with van der Waals surface area (Å²) in [6.07, 6.45) is 3.67. The molecule has 0 aromatic rings. The van der Waals surface area contributed by atoms with E-state index in [9.17, 15) is 4.79 Å². The zero-order valence-corrected chi connectivity index (χ0v) is 8.33. The molecule has 1 atom stereocenters. The van der Waals surface area contributed by atoms with Crippen LogP contribution in [-0.4, -0.2) is 40.4 Å². The summed E-state index contributed by atoms with van der Waals surface area (Å²) in [4.78, 5) is 12.9. The zero-order chi connectivity index (χ0) is 8.97. The standard InChI is InChI=1S/C8H12BrNO2/c9-4-1-2-8(12)10-5-3-7(11)6-10/h1-2,7,11H,3-6H2. The summed E-state index contributed by atoms with van der Waals surface area (Å²) in [5.41, 5.74) is 0. The fraction of sp³-hybridized carbons (Fsp3) is 0.625. The van der Waals surface area contributed by atoms with Gasteiger partial charge in [0, 0.05) is 18.4 Å². The van der Waals surface area contributed by atoms with Crippen LogP contribution in [0.5, 0.6) is 0 Å². The molecule has 0 spiro atoms. The Morgan fingerprint density at radius 1 is 1.75 bits per heavy atom. The van der Waals surface area contributed by atoms with Crippen LogP contribution in [-0.2, 0) is 4.79 Å². The third kappa shape index (κ3) is 2.60. The van der Waals surface area contributed by atoms with Crippen LogP contribution in [0.25, 0.3) is 0 Å². The van der Waals surface area contributed by atoms with Gasteiger partial charge in [0.1, 0.15) is 0 Å². The van der Waals surface area contributed by atoms with Gasteiger partial charge >= 0.3 is 0 Å². The van der Waals surface area contributed by atoms with E-state index in [-0.39, 0.29) is 12.0 Å². The Morgan fingerprint density at radius 2 is 2.50 bits per heavy atom. The van der Waals surface area contributed by atoms with E-state index in [0.29, 0.717) is 24.8 Å². The second kappa shape index (κ2) is 4.62. The number of aliphatic hydroxyl groups is 1. The first-order valence-corrected chi connectivity index (χ1v) is 5.05. The van der Waals surface area contributed by atoms with Crippen LogP contribution in [0.2, 0.25) is 0 Å². The largest absolute Gasteiger partial charge is 0.391 e. The molecule has 0 radical (unpaired) electrons. The molecule has 0 bridgehead atoms. The van der Waals surface area contributed by atoms with E-state index in [1.807, 2.05) is 0 Å². The highest BCUT2D eigenvalue weighted by molar-refractivity contribution is 9.09. The Hall–Kier alpha value is -0.350. The van der Waals surface area contributed by atoms with Gasteiger partial charge in [0.25, 0.3) is 0 Å². The molecule has 4 heteroatoms. The number of aliphatic hydroxyl groups excluding tert-OH is 1. The molecular weight excluding hydrogens is 222 g/mol. The van der Waals surface area contributed by atoms with Crippen LogP contribution < -0.4 is 0 Å². The summed E-state index contributed by atoms with van der Waals surface area (Å²) < 4.78 is 0. The molecule has 3 nitrogen and oxygen atoms in total. The lowest BCUT2D eigenvalue weighted by atomic mass is 10.3. The highest BCUT2D eigenvalue weighted by Crippen LogP contribution is 2.08. The first kappa shape index (κ1) is 9.74. The average molecular weight is 234 g/mol. The summed E-state index contributed by atoms with van der Waals surface area (Å²) >= 11 is 3.19. The summed E-state index contributed by atoms with van der Waals surface area (Å²) in [7, 11) is 0. The quantitative estimate of drug-likeness (QED) is 0.559. The van der Waals surface area contributed by atoms with Gasteiger partial charge in [-0.1, -0.05) is 22.0 Å². The molecule has 0 aromatic carbocycles. The molecule has 1 N–H and O–H groups in total. The van der Waals surface area contributed by atoms with E-state index in [1.165, 1.54) is 6.08 Å². The van der Waals surface area contributed by atoms with E-state index in [2.05, 4.69) is 15.9 Å². The van der Waals surface area contributed by atoms with Gasteiger partial charge in [-0.05, 0) is 12.5 Å². The summed E-state index contributed by atoms with van der Waals surface area (Å²) in [5.74, 6) is -0.00833. The van der Waals surface area contributed by atoms with Gasteiger partial charge in [0.2, 0.25) is 5.91 Å². The highest BCUT2D eigenvalue weighted by Gasteiger charge is 2.22. The van der Waals surface area contributed by atoms with Crippen LogP contribution in [0, 0.1) is 0 Å². The number of allylic oxidation sites excluding steroid dienone is 1. The fourth-order valence-corrected chi connectivity index (χ4v) is 1.38. The lowest BCUT2D eigenvalue weighted by Gasteiger charge is -2.11. The van der Waals surface area contributed by atoms with Crippen molar-refractivity contribution in [1.29, 1.82) is 0 Å². The second-order valence-corrected chi connectivity index (χ2v) is 3.43. The third-order valence-corrected chi connectivity index (χ3v) is 2.20. The number of rotatable bonds is 2. The summed E-state index contributed by atoms with van der Waals surface area (Å²) in [6.45, 7) is 1.15. The number of β-amino-alcohol motifs (C(OH)–C–C–N with tert-alkyl or cyclic N) is 1. The second-order valence-electron chi connectivity index (χ2n) is 2.78. The lowest BCUT2D eigenvalue weighted by Crippen LogP contribution is -2.27. The molecule has 1 saturated heterocycles. The van der Waals surface area contributed by atoms with Crippen molar-refractivity contribution in [3.05, 3.63) is 12.2 Å². The van der Waals surface area contributed by atoms with Crippen molar-refractivity contribution in [3.8, 4) is 0 Å². The van der Waals surface area contributed by atoms with E-state index < -0.39 is 0 Å². The van der Waals surface area contributed by atoms with Gasteiger partial charge in [0.05, 0.1) is 6.10 Å². The monoisotopic (exact) mass is 233 g/mol. The number of likely N-dealkylation sites (tertiary alicyclic amines) is 1. The maximum atomic E-state index is 11.3. The van der Waals surface area contributed by atoms with Crippen molar-refractivity contribution in [2.24, 2.45) is 0 Å². The van der Waals surface area contributed by atoms with Crippen molar-refractivity contribution >= 4 is 21.8 Å². The van der Waals surface area contributed by atoms with E-state index in [0.717, 1.165) is 0 Å². The Labute approximate surface area is 80.2 Å². The third-order valence-electron chi connectivity index (χ3n) is 1.82. The van der Waals surface area contributed by atoms with Gasteiger partial charge in [-0.3, -0.25) is 4.79 Å². The molecular formula is C8H12BrNO2. The Balaban J connectivity index is 2.38.